The Morgan fingerprint density at radius 1 is 1.07 bits per heavy atom. The monoisotopic (exact) mass is 361 g/mol. The first-order valence-corrected chi connectivity index (χ1v) is 8.73. The van der Waals surface area contributed by atoms with E-state index in [9.17, 15) is 4.79 Å². The summed E-state index contributed by atoms with van der Waals surface area (Å²) < 4.78 is 11.1. The van der Waals surface area contributed by atoms with Crippen molar-refractivity contribution in [2.24, 2.45) is 5.10 Å². The van der Waals surface area contributed by atoms with Crippen LogP contribution < -0.4 is 14.9 Å². The van der Waals surface area contributed by atoms with Crippen molar-refractivity contribution >= 4 is 22.5 Å². The zero-order chi connectivity index (χ0) is 18.8. The maximum atomic E-state index is 12.7. The van der Waals surface area contributed by atoms with E-state index in [-0.39, 0.29) is 5.91 Å². The topological polar surface area (TPSA) is 72.8 Å². The number of hydrogen-bond donors (Lipinski definition) is 1. The molecule has 2 aromatic carbocycles. The van der Waals surface area contributed by atoms with Crippen LogP contribution in [0.1, 0.15) is 28.5 Å². The standard InChI is InChI=1S/C21H19N3O3/c1-13-11-17(16-5-3-4-6-18(16)22-13)21(25)24-23-14(2)15-7-8-19-20(12-15)27-10-9-26-19/h3-8,11-12H,9-10H2,1-2H3,(H,24,25). The van der Waals surface area contributed by atoms with Crippen molar-refractivity contribution < 1.29 is 14.3 Å². The van der Waals surface area contributed by atoms with Gasteiger partial charge < -0.3 is 9.47 Å². The summed E-state index contributed by atoms with van der Waals surface area (Å²) in [5.74, 6) is 1.14. The highest BCUT2D eigenvalue weighted by Crippen LogP contribution is 2.30. The number of fused-ring (bicyclic) bond motifs is 2. The molecule has 0 unspecified atom stereocenters. The highest BCUT2D eigenvalue weighted by Gasteiger charge is 2.14. The number of amides is 1. The molecule has 0 bridgehead atoms. The van der Waals surface area contributed by atoms with Crippen molar-refractivity contribution in [1.29, 1.82) is 0 Å². The van der Waals surface area contributed by atoms with E-state index in [1.807, 2.05) is 56.3 Å². The maximum Gasteiger partial charge on any atom is 0.272 e. The molecule has 1 aliphatic rings. The highest BCUT2D eigenvalue weighted by molar-refractivity contribution is 6.07. The van der Waals surface area contributed by atoms with E-state index in [1.54, 1.807) is 6.07 Å². The van der Waals surface area contributed by atoms with Crippen LogP contribution in [0.5, 0.6) is 11.5 Å². The molecule has 0 spiro atoms. The lowest BCUT2D eigenvalue weighted by molar-refractivity contribution is 0.0956. The molecule has 1 N–H and O–H groups in total. The van der Waals surface area contributed by atoms with Crippen LogP contribution in [0.2, 0.25) is 0 Å². The number of benzene rings is 2. The molecule has 0 fully saturated rings. The first-order chi connectivity index (χ1) is 13.1. The van der Waals surface area contributed by atoms with Gasteiger partial charge in [0.1, 0.15) is 13.2 Å². The smallest absolute Gasteiger partial charge is 0.272 e. The van der Waals surface area contributed by atoms with Crippen molar-refractivity contribution in [3.8, 4) is 11.5 Å². The number of hydrogen-bond acceptors (Lipinski definition) is 5. The summed E-state index contributed by atoms with van der Waals surface area (Å²) in [7, 11) is 0. The third kappa shape index (κ3) is 3.46. The number of para-hydroxylation sites is 1. The number of hydrazone groups is 1. The summed E-state index contributed by atoms with van der Waals surface area (Å²) in [6, 6.07) is 14.9. The average Bonchev–Trinajstić information content (AvgIpc) is 2.70. The van der Waals surface area contributed by atoms with E-state index >= 15 is 0 Å². The van der Waals surface area contributed by atoms with E-state index in [0.29, 0.717) is 30.2 Å². The highest BCUT2D eigenvalue weighted by atomic mass is 16.6. The summed E-state index contributed by atoms with van der Waals surface area (Å²) in [6.45, 7) is 4.78. The minimum Gasteiger partial charge on any atom is -0.486 e. The first-order valence-electron chi connectivity index (χ1n) is 8.73. The van der Waals surface area contributed by atoms with Gasteiger partial charge in [0, 0.05) is 16.6 Å². The third-order valence-electron chi connectivity index (χ3n) is 4.37. The van der Waals surface area contributed by atoms with Crippen molar-refractivity contribution in [2.45, 2.75) is 13.8 Å². The second kappa shape index (κ2) is 7.07. The summed E-state index contributed by atoms with van der Waals surface area (Å²) in [5.41, 5.74) is 6.30. The van der Waals surface area contributed by atoms with Crippen molar-refractivity contribution in [1.82, 2.24) is 10.4 Å². The zero-order valence-electron chi connectivity index (χ0n) is 15.2. The number of aromatic nitrogens is 1. The molecular weight excluding hydrogens is 342 g/mol. The van der Waals surface area contributed by atoms with Crippen molar-refractivity contribution in [2.75, 3.05) is 13.2 Å². The van der Waals surface area contributed by atoms with Gasteiger partial charge in [0.25, 0.3) is 5.91 Å². The number of aryl methyl sites for hydroxylation is 1. The Hall–Kier alpha value is -3.41. The molecule has 6 heteroatoms. The fourth-order valence-electron chi connectivity index (χ4n) is 3.02. The SMILES string of the molecule is CC(=NNC(=O)c1cc(C)nc2ccccc12)c1ccc2c(c1)OCCO2. The van der Waals surface area contributed by atoms with Gasteiger partial charge in [-0.2, -0.15) is 5.10 Å². The van der Waals surface area contributed by atoms with Gasteiger partial charge in [-0.3, -0.25) is 9.78 Å². The number of nitrogens with one attached hydrogen (secondary N) is 1. The largest absolute Gasteiger partial charge is 0.486 e. The molecule has 6 nitrogen and oxygen atoms in total. The lowest BCUT2D eigenvalue weighted by atomic mass is 10.1. The molecule has 0 saturated heterocycles. The Labute approximate surface area is 156 Å². The van der Waals surface area contributed by atoms with Gasteiger partial charge in [0.2, 0.25) is 0 Å². The van der Waals surface area contributed by atoms with Crippen LogP contribution in [0.15, 0.2) is 53.6 Å². The number of rotatable bonds is 3. The Morgan fingerprint density at radius 2 is 1.85 bits per heavy atom. The van der Waals surface area contributed by atoms with Gasteiger partial charge in [0.05, 0.1) is 16.8 Å². The molecule has 1 amide bonds. The zero-order valence-corrected chi connectivity index (χ0v) is 15.2. The molecule has 4 rings (SSSR count). The minimum absolute atomic E-state index is 0.270. The predicted molar refractivity (Wildman–Crippen MR) is 104 cm³/mol. The Balaban J connectivity index is 1.58. The van der Waals surface area contributed by atoms with Crippen LogP contribution in [0.4, 0.5) is 0 Å². The second-order valence-corrected chi connectivity index (χ2v) is 6.32. The number of ether oxygens (including phenoxy) is 2. The molecule has 0 atom stereocenters. The Bertz CT molecular complexity index is 1060. The lowest BCUT2D eigenvalue weighted by Gasteiger charge is -2.18. The van der Waals surface area contributed by atoms with Gasteiger partial charge >= 0.3 is 0 Å². The fraction of sp³-hybridized carbons (Fsp3) is 0.190. The summed E-state index contributed by atoms with van der Waals surface area (Å²) in [6.07, 6.45) is 0. The molecule has 3 aromatic rings. The van der Waals surface area contributed by atoms with Crippen LogP contribution in [0.3, 0.4) is 0 Å². The first kappa shape index (κ1) is 17.0. The molecule has 2 heterocycles. The molecule has 0 aliphatic carbocycles. The molecular formula is C21H19N3O3. The van der Waals surface area contributed by atoms with E-state index in [1.165, 1.54) is 0 Å². The van der Waals surface area contributed by atoms with Gasteiger partial charge in [-0.25, -0.2) is 5.43 Å². The molecule has 1 aliphatic heterocycles. The fourth-order valence-corrected chi connectivity index (χ4v) is 3.02. The van der Waals surface area contributed by atoms with E-state index < -0.39 is 0 Å². The van der Waals surface area contributed by atoms with Crippen LogP contribution in [-0.2, 0) is 0 Å². The van der Waals surface area contributed by atoms with Crippen LogP contribution in [0, 0.1) is 6.92 Å². The second-order valence-electron chi connectivity index (χ2n) is 6.32. The van der Waals surface area contributed by atoms with Crippen molar-refractivity contribution in [3.05, 3.63) is 65.4 Å². The van der Waals surface area contributed by atoms with Crippen LogP contribution in [0.25, 0.3) is 10.9 Å². The molecule has 1 aromatic heterocycles. The molecule has 136 valence electrons. The van der Waals surface area contributed by atoms with E-state index in [0.717, 1.165) is 27.9 Å². The van der Waals surface area contributed by atoms with Gasteiger partial charge in [0.15, 0.2) is 11.5 Å². The summed E-state index contributed by atoms with van der Waals surface area (Å²) in [5, 5.41) is 5.06. The predicted octanol–water partition coefficient (Wildman–Crippen LogP) is 3.47. The molecule has 0 radical (unpaired) electrons. The van der Waals surface area contributed by atoms with Gasteiger partial charge in [-0.05, 0) is 44.2 Å². The minimum atomic E-state index is -0.270. The number of carbonyl (C=O) groups excluding carboxylic acids is 1. The number of nitrogens with zero attached hydrogens (tertiary/aromatic N) is 2. The molecule has 0 saturated carbocycles. The Morgan fingerprint density at radius 3 is 2.70 bits per heavy atom. The summed E-state index contributed by atoms with van der Waals surface area (Å²) in [4.78, 5) is 17.1. The van der Waals surface area contributed by atoms with E-state index in [4.69, 9.17) is 9.47 Å². The quantitative estimate of drug-likeness (QED) is 0.573. The summed E-state index contributed by atoms with van der Waals surface area (Å²) >= 11 is 0. The van der Waals surface area contributed by atoms with Crippen LogP contribution >= 0.6 is 0 Å². The Kier molecular flexibility index (Phi) is 4.46. The molecule has 27 heavy (non-hydrogen) atoms. The van der Waals surface area contributed by atoms with Gasteiger partial charge in [-0.15, -0.1) is 0 Å². The average molecular weight is 361 g/mol. The normalized spacial score (nSPS) is 13.5. The number of carbonyl (C=O) groups is 1. The maximum absolute atomic E-state index is 12.7. The number of pyridine rings is 1. The van der Waals surface area contributed by atoms with Crippen molar-refractivity contribution in [3.63, 3.8) is 0 Å². The third-order valence-corrected chi connectivity index (χ3v) is 4.37. The lowest BCUT2D eigenvalue weighted by Crippen LogP contribution is -2.20. The van der Waals surface area contributed by atoms with Gasteiger partial charge in [-0.1, -0.05) is 18.2 Å². The van der Waals surface area contributed by atoms with Crippen LogP contribution in [-0.4, -0.2) is 29.8 Å². The van der Waals surface area contributed by atoms with E-state index in [2.05, 4.69) is 15.5 Å².